The van der Waals surface area contributed by atoms with E-state index in [0.29, 0.717) is 29.0 Å². The van der Waals surface area contributed by atoms with Crippen LogP contribution in [-0.4, -0.2) is 17.4 Å². The van der Waals surface area contributed by atoms with Gasteiger partial charge in [-0.25, -0.2) is 4.98 Å². The number of halogens is 1. The second-order valence-corrected chi connectivity index (χ2v) is 7.87. The fourth-order valence-corrected chi connectivity index (χ4v) is 3.81. The molecule has 6 heteroatoms. The monoisotopic (exact) mass is 398 g/mol. The maximum absolute atomic E-state index is 12.2. The lowest BCUT2D eigenvalue weighted by molar-refractivity contribution is 0.0947. The molecule has 1 N–H and O–H groups in total. The molecule has 0 aliphatic heterocycles. The first-order valence-electron chi connectivity index (χ1n) is 8.89. The average Bonchev–Trinajstić information content (AvgIpc) is 3.40. The van der Waals surface area contributed by atoms with Crippen molar-refractivity contribution in [3.63, 3.8) is 0 Å². The summed E-state index contributed by atoms with van der Waals surface area (Å²) in [7, 11) is 0. The lowest BCUT2D eigenvalue weighted by atomic mass is 10.2. The van der Waals surface area contributed by atoms with Gasteiger partial charge < -0.3 is 10.1 Å². The molecule has 4 rings (SSSR count). The van der Waals surface area contributed by atoms with Crippen LogP contribution < -0.4 is 10.1 Å². The number of ether oxygens (including phenoxy) is 1. The number of hydrogen-bond donors (Lipinski definition) is 1. The summed E-state index contributed by atoms with van der Waals surface area (Å²) in [4.78, 5) is 16.6. The van der Waals surface area contributed by atoms with Crippen LogP contribution in [-0.2, 0) is 6.61 Å². The smallest absolute Gasteiger partial charge is 0.270 e. The van der Waals surface area contributed by atoms with Gasteiger partial charge in [0.25, 0.3) is 5.91 Å². The minimum atomic E-state index is -0.122. The van der Waals surface area contributed by atoms with Crippen molar-refractivity contribution >= 4 is 28.8 Å². The maximum atomic E-state index is 12.2. The van der Waals surface area contributed by atoms with Crippen LogP contribution in [0.3, 0.4) is 0 Å². The molecule has 1 amide bonds. The van der Waals surface area contributed by atoms with Crippen molar-refractivity contribution in [2.24, 2.45) is 5.92 Å². The molecule has 1 saturated carbocycles. The van der Waals surface area contributed by atoms with Gasteiger partial charge in [0.2, 0.25) is 0 Å². The Morgan fingerprint density at radius 2 is 2.04 bits per heavy atom. The molecule has 0 unspecified atom stereocenters. The molecule has 27 heavy (non-hydrogen) atoms. The van der Waals surface area contributed by atoms with Crippen LogP contribution in [0.5, 0.6) is 5.75 Å². The number of rotatable bonds is 7. The number of hydrogen-bond acceptors (Lipinski definition) is 4. The van der Waals surface area contributed by atoms with Crippen molar-refractivity contribution in [1.29, 1.82) is 0 Å². The van der Waals surface area contributed by atoms with E-state index in [1.54, 1.807) is 11.4 Å². The van der Waals surface area contributed by atoms with Crippen molar-refractivity contribution in [1.82, 2.24) is 10.3 Å². The summed E-state index contributed by atoms with van der Waals surface area (Å²) >= 11 is 7.85. The Morgan fingerprint density at radius 1 is 1.22 bits per heavy atom. The summed E-state index contributed by atoms with van der Waals surface area (Å²) in [6.45, 7) is 1.22. The molecule has 0 spiro atoms. The number of aromatic nitrogens is 1. The van der Waals surface area contributed by atoms with E-state index in [1.165, 1.54) is 24.2 Å². The highest BCUT2D eigenvalue weighted by atomic mass is 35.5. The van der Waals surface area contributed by atoms with Crippen molar-refractivity contribution in [2.75, 3.05) is 6.54 Å². The lowest BCUT2D eigenvalue weighted by Gasteiger charge is -2.08. The number of carbonyl (C=O) groups excluding carboxylic acids is 1. The summed E-state index contributed by atoms with van der Waals surface area (Å²) < 4.78 is 5.80. The highest BCUT2D eigenvalue weighted by Gasteiger charge is 2.22. The third kappa shape index (κ3) is 4.67. The van der Waals surface area contributed by atoms with Gasteiger partial charge in [-0.3, -0.25) is 4.79 Å². The van der Waals surface area contributed by atoms with Crippen LogP contribution in [0, 0.1) is 5.92 Å². The summed E-state index contributed by atoms with van der Waals surface area (Å²) in [6, 6.07) is 15.5. The number of thiazole rings is 1. The SMILES string of the molecule is O=C(NCC1CC1)c1csc(-c2ccc(OCc3ccccc3)cc2Cl)n1. The molecule has 1 fully saturated rings. The molecule has 4 nitrogen and oxygen atoms in total. The van der Waals surface area contributed by atoms with E-state index in [4.69, 9.17) is 16.3 Å². The summed E-state index contributed by atoms with van der Waals surface area (Å²) in [5.74, 6) is 1.22. The standard InChI is InChI=1S/C21H19ClN2O2S/c22-18-10-16(26-12-15-4-2-1-3-5-15)8-9-17(18)21-24-19(13-27-21)20(25)23-11-14-6-7-14/h1-5,8-10,13-14H,6-7,11-12H2,(H,23,25). The normalized spacial score (nSPS) is 13.4. The number of nitrogens with zero attached hydrogens (tertiary/aromatic N) is 1. The topological polar surface area (TPSA) is 51.2 Å². The molecule has 1 aliphatic rings. The fraction of sp³-hybridized carbons (Fsp3) is 0.238. The first kappa shape index (κ1) is 18.0. The van der Waals surface area contributed by atoms with Crippen molar-refractivity contribution in [3.05, 3.63) is 70.2 Å². The van der Waals surface area contributed by atoms with E-state index >= 15 is 0 Å². The van der Waals surface area contributed by atoms with Crippen LogP contribution in [0.2, 0.25) is 5.02 Å². The highest BCUT2D eigenvalue weighted by molar-refractivity contribution is 7.13. The largest absolute Gasteiger partial charge is 0.489 e. The molecule has 1 heterocycles. The Bertz CT molecular complexity index is 938. The molecule has 3 aromatic rings. The van der Waals surface area contributed by atoms with Gasteiger partial charge in [0.1, 0.15) is 23.1 Å². The van der Waals surface area contributed by atoms with Gasteiger partial charge in [0, 0.05) is 17.5 Å². The first-order chi connectivity index (χ1) is 13.2. The van der Waals surface area contributed by atoms with Crippen LogP contribution in [0.4, 0.5) is 0 Å². The van der Waals surface area contributed by atoms with E-state index in [-0.39, 0.29) is 5.91 Å². The average molecular weight is 399 g/mol. The maximum Gasteiger partial charge on any atom is 0.270 e. The number of carbonyl (C=O) groups is 1. The molecular formula is C21H19ClN2O2S. The zero-order valence-electron chi connectivity index (χ0n) is 14.7. The second-order valence-electron chi connectivity index (χ2n) is 6.61. The third-order valence-corrected chi connectivity index (χ3v) is 5.59. The zero-order chi connectivity index (χ0) is 18.6. The number of nitrogens with one attached hydrogen (secondary N) is 1. The predicted molar refractivity (Wildman–Crippen MR) is 108 cm³/mol. The molecule has 1 aliphatic carbocycles. The van der Waals surface area contributed by atoms with Crippen LogP contribution >= 0.6 is 22.9 Å². The third-order valence-electron chi connectivity index (χ3n) is 4.40. The van der Waals surface area contributed by atoms with Crippen LogP contribution in [0.15, 0.2) is 53.9 Å². The van der Waals surface area contributed by atoms with Crippen LogP contribution in [0.25, 0.3) is 10.6 Å². The molecule has 0 saturated heterocycles. The van der Waals surface area contributed by atoms with Gasteiger partial charge in [-0.05, 0) is 42.5 Å². The van der Waals surface area contributed by atoms with Gasteiger partial charge in [0.05, 0.1) is 5.02 Å². The molecule has 138 valence electrons. The summed E-state index contributed by atoms with van der Waals surface area (Å²) in [5.41, 5.74) is 2.34. The molecule has 0 radical (unpaired) electrons. The number of amides is 1. The van der Waals surface area contributed by atoms with E-state index in [2.05, 4.69) is 10.3 Å². The summed E-state index contributed by atoms with van der Waals surface area (Å²) in [6.07, 6.45) is 2.41. The van der Waals surface area contributed by atoms with Gasteiger partial charge in [-0.15, -0.1) is 11.3 Å². The highest BCUT2D eigenvalue weighted by Crippen LogP contribution is 2.33. The molecule has 2 aromatic carbocycles. The van der Waals surface area contributed by atoms with Crippen LogP contribution in [0.1, 0.15) is 28.9 Å². The Hall–Kier alpha value is -2.37. The fourth-order valence-electron chi connectivity index (χ4n) is 2.65. The molecule has 1 aromatic heterocycles. The minimum Gasteiger partial charge on any atom is -0.489 e. The Balaban J connectivity index is 1.42. The Kier molecular flexibility index (Phi) is 5.41. The van der Waals surface area contributed by atoms with Crippen molar-refractivity contribution in [2.45, 2.75) is 19.4 Å². The van der Waals surface area contributed by atoms with Crippen molar-refractivity contribution < 1.29 is 9.53 Å². The molecule has 0 bridgehead atoms. The second kappa shape index (κ2) is 8.11. The minimum absolute atomic E-state index is 0.122. The summed E-state index contributed by atoms with van der Waals surface area (Å²) in [5, 5.41) is 5.99. The van der Waals surface area contributed by atoms with Gasteiger partial charge in [0.15, 0.2) is 0 Å². The lowest BCUT2D eigenvalue weighted by Crippen LogP contribution is -2.25. The van der Waals surface area contributed by atoms with E-state index in [9.17, 15) is 4.79 Å². The predicted octanol–water partition coefficient (Wildman–Crippen LogP) is 5.18. The molecular weight excluding hydrogens is 380 g/mol. The van der Waals surface area contributed by atoms with E-state index in [1.807, 2.05) is 42.5 Å². The van der Waals surface area contributed by atoms with Gasteiger partial charge >= 0.3 is 0 Å². The zero-order valence-corrected chi connectivity index (χ0v) is 16.2. The van der Waals surface area contributed by atoms with Gasteiger partial charge in [-0.2, -0.15) is 0 Å². The van der Waals surface area contributed by atoms with E-state index in [0.717, 1.165) is 22.7 Å². The Morgan fingerprint density at radius 3 is 2.78 bits per heavy atom. The van der Waals surface area contributed by atoms with Gasteiger partial charge in [-0.1, -0.05) is 41.9 Å². The van der Waals surface area contributed by atoms with Crippen molar-refractivity contribution in [3.8, 4) is 16.3 Å². The number of benzene rings is 2. The molecule has 0 atom stereocenters. The quantitative estimate of drug-likeness (QED) is 0.596. The Labute approximate surface area is 167 Å². The first-order valence-corrected chi connectivity index (χ1v) is 10.1. The van der Waals surface area contributed by atoms with E-state index < -0.39 is 0 Å².